The van der Waals surface area contributed by atoms with E-state index in [1.165, 1.54) is 6.07 Å². The maximum Gasteiger partial charge on any atom is 0.417 e. The molecule has 1 fully saturated rings. The van der Waals surface area contributed by atoms with Gasteiger partial charge in [-0.1, -0.05) is 23.7 Å². The Morgan fingerprint density at radius 2 is 2.00 bits per heavy atom. The zero-order valence-electron chi connectivity index (χ0n) is 16.0. The van der Waals surface area contributed by atoms with Crippen molar-refractivity contribution in [1.29, 1.82) is 0 Å². The second-order valence-electron chi connectivity index (χ2n) is 7.20. The van der Waals surface area contributed by atoms with Crippen LogP contribution in [0.3, 0.4) is 0 Å². The molecule has 0 saturated carbocycles. The third kappa shape index (κ3) is 3.89. The number of carbonyl (C=O) groups is 1. The Morgan fingerprint density at radius 1 is 1.23 bits per heavy atom. The van der Waals surface area contributed by atoms with Crippen molar-refractivity contribution in [3.8, 4) is 0 Å². The van der Waals surface area contributed by atoms with Crippen molar-refractivity contribution in [2.24, 2.45) is 0 Å². The van der Waals surface area contributed by atoms with Crippen LogP contribution in [0, 0.1) is 0 Å². The minimum Gasteiger partial charge on any atom is -0.365 e. The molecule has 6 nitrogen and oxygen atoms in total. The number of hydrogen-bond donors (Lipinski definition) is 2. The first-order valence-electron chi connectivity index (χ1n) is 9.36. The smallest absolute Gasteiger partial charge is 0.365 e. The van der Waals surface area contributed by atoms with Gasteiger partial charge in [0.05, 0.1) is 16.1 Å². The fourth-order valence-corrected chi connectivity index (χ4v) is 3.90. The number of anilines is 2. The zero-order valence-corrected chi connectivity index (χ0v) is 16.8. The molecule has 0 aliphatic carbocycles. The fourth-order valence-electron chi connectivity index (χ4n) is 3.67. The van der Waals surface area contributed by atoms with E-state index in [1.54, 1.807) is 11.0 Å². The van der Waals surface area contributed by atoms with Gasteiger partial charge >= 0.3 is 12.2 Å². The number of urea groups is 1. The van der Waals surface area contributed by atoms with E-state index in [0.29, 0.717) is 31.1 Å². The van der Waals surface area contributed by atoms with Crippen LogP contribution in [0.5, 0.6) is 0 Å². The molecule has 158 valence electrons. The lowest BCUT2D eigenvalue weighted by molar-refractivity contribution is -0.137. The summed E-state index contributed by atoms with van der Waals surface area (Å²) in [5.74, 6) is 0.443. The summed E-state index contributed by atoms with van der Waals surface area (Å²) in [7, 11) is 0. The molecule has 0 spiro atoms. The van der Waals surface area contributed by atoms with Gasteiger partial charge in [0, 0.05) is 36.7 Å². The summed E-state index contributed by atoms with van der Waals surface area (Å²) >= 11 is 5.72. The molecule has 30 heavy (non-hydrogen) atoms. The molecule has 4 rings (SSSR count). The number of amides is 2. The summed E-state index contributed by atoms with van der Waals surface area (Å²) in [6, 6.07) is 10.9. The van der Waals surface area contributed by atoms with Crippen molar-refractivity contribution in [2.75, 3.05) is 29.9 Å². The van der Waals surface area contributed by atoms with Crippen LogP contribution in [-0.2, 0) is 6.18 Å². The third-order valence-corrected chi connectivity index (χ3v) is 5.53. The highest BCUT2D eigenvalue weighted by Crippen LogP contribution is 2.37. The highest BCUT2D eigenvalue weighted by Gasteiger charge is 2.35. The van der Waals surface area contributed by atoms with Gasteiger partial charge < -0.3 is 9.80 Å². The predicted molar refractivity (Wildman–Crippen MR) is 110 cm³/mol. The molecule has 2 heterocycles. The number of H-pyrrole nitrogens is 1. The molecule has 1 saturated heterocycles. The van der Waals surface area contributed by atoms with E-state index < -0.39 is 11.7 Å². The molecule has 1 aliphatic heterocycles. The van der Waals surface area contributed by atoms with E-state index in [4.69, 9.17) is 11.6 Å². The summed E-state index contributed by atoms with van der Waals surface area (Å²) in [5, 5.41) is 10.3. The molecule has 0 bridgehead atoms. The van der Waals surface area contributed by atoms with Crippen molar-refractivity contribution in [2.45, 2.75) is 19.1 Å². The second-order valence-corrected chi connectivity index (χ2v) is 7.61. The van der Waals surface area contributed by atoms with Gasteiger partial charge in [-0.15, -0.1) is 0 Å². The molecule has 1 atom stereocenters. The Bertz CT molecular complexity index is 1080. The van der Waals surface area contributed by atoms with Crippen molar-refractivity contribution in [3.05, 3.63) is 53.1 Å². The zero-order chi connectivity index (χ0) is 21.5. The van der Waals surface area contributed by atoms with E-state index in [1.807, 2.05) is 36.1 Å². The van der Waals surface area contributed by atoms with Crippen LogP contribution < -0.4 is 10.2 Å². The molecular weight excluding hydrogens is 419 g/mol. The molecule has 1 unspecified atom stereocenters. The van der Waals surface area contributed by atoms with Crippen molar-refractivity contribution in [1.82, 2.24) is 15.1 Å². The highest BCUT2D eigenvalue weighted by molar-refractivity contribution is 6.31. The molecule has 3 aromatic rings. The first-order chi connectivity index (χ1) is 14.2. The lowest BCUT2D eigenvalue weighted by Crippen LogP contribution is -2.54. The van der Waals surface area contributed by atoms with Crippen LogP contribution in [-0.4, -0.2) is 46.8 Å². The summed E-state index contributed by atoms with van der Waals surface area (Å²) in [6.45, 7) is 2.99. The quantitative estimate of drug-likeness (QED) is 0.594. The molecular formula is C20H19ClF3N5O. The molecule has 2 aromatic carbocycles. The Labute approximate surface area is 175 Å². The molecule has 1 aliphatic rings. The number of carbonyl (C=O) groups excluding carboxylic acids is 1. The Morgan fingerprint density at radius 3 is 2.73 bits per heavy atom. The standard InChI is InChI=1S/C20H19ClF3N5O/c1-12-11-28(19(30)25-18-14-4-2-3-5-17(14)26-27-18)8-9-29(12)13-6-7-16(21)15(10-13)20(22,23)24/h2-7,10,12H,8-9,11H2,1H3,(H2,25,26,27,30). The number of hydrogen-bond acceptors (Lipinski definition) is 3. The average Bonchev–Trinajstić information content (AvgIpc) is 3.10. The monoisotopic (exact) mass is 437 g/mol. The number of aromatic amines is 1. The van der Waals surface area contributed by atoms with Crippen molar-refractivity contribution in [3.63, 3.8) is 0 Å². The summed E-state index contributed by atoms with van der Waals surface area (Å²) in [6.07, 6.45) is -4.52. The number of rotatable bonds is 2. The second kappa shape index (κ2) is 7.71. The van der Waals surface area contributed by atoms with Crippen LogP contribution in [0.15, 0.2) is 42.5 Å². The number of piperazine rings is 1. The number of nitrogens with one attached hydrogen (secondary N) is 2. The Balaban J connectivity index is 1.46. The number of fused-ring (bicyclic) bond motifs is 1. The lowest BCUT2D eigenvalue weighted by atomic mass is 10.1. The predicted octanol–water partition coefficient (Wildman–Crippen LogP) is 4.98. The minimum atomic E-state index is -4.52. The van der Waals surface area contributed by atoms with Gasteiger partial charge in [-0.2, -0.15) is 18.3 Å². The first kappa shape index (κ1) is 20.3. The minimum absolute atomic E-state index is 0.178. The SMILES string of the molecule is CC1CN(C(=O)Nc2n[nH]c3ccccc23)CCN1c1ccc(Cl)c(C(F)(F)F)c1. The van der Waals surface area contributed by atoms with Crippen molar-refractivity contribution >= 4 is 40.0 Å². The summed E-state index contributed by atoms with van der Waals surface area (Å²) in [4.78, 5) is 16.2. The van der Waals surface area contributed by atoms with Gasteiger partial charge in [-0.25, -0.2) is 4.79 Å². The van der Waals surface area contributed by atoms with Gasteiger partial charge in [0.1, 0.15) is 0 Å². The summed E-state index contributed by atoms with van der Waals surface area (Å²) in [5.41, 5.74) is 0.381. The van der Waals surface area contributed by atoms with Crippen LogP contribution >= 0.6 is 11.6 Å². The maximum atomic E-state index is 13.2. The first-order valence-corrected chi connectivity index (χ1v) is 9.74. The lowest BCUT2D eigenvalue weighted by Gasteiger charge is -2.41. The van der Waals surface area contributed by atoms with E-state index in [9.17, 15) is 18.0 Å². The number of aromatic nitrogens is 2. The van der Waals surface area contributed by atoms with Gasteiger partial charge in [0.2, 0.25) is 0 Å². The molecule has 10 heteroatoms. The Kier molecular flexibility index (Phi) is 5.23. The van der Waals surface area contributed by atoms with Crippen molar-refractivity contribution < 1.29 is 18.0 Å². The van der Waals surface area contributed by atoms with Gasteiger partial charge in [-0.3, -0.25) is 10.4 Å². The van der Waals surface area contributed by atoms with E-state index in [0.717, 1.165) is 17.0 Å². The number of nitrogens with zero attached hydrogens (tertiary/aromatic N) is 3. The number of alkyl halides is 3. The maximum absolute atomic E-state index is 13.2. The van der Waals surface area contributed by atoms with Crippen LogP contribution in [0.1, 0.15) is 12.5 Å². The van der Waals surface area contributed by atoms with Gasteiger partial charge in [-0.05, 0) is 37.3 Å². The van der Waals surface area contributed by atoms with E-state index >= 15 is 0 Å². The fraction of sp³-hybridized carbons (Fsp3) is 0.300. The van der Waals surface area contributed by atoms with E-state index in [-0.39, 0.29) is 17.1 Å². The van der Waals surface area contributed by atoms with E-state index in [2.05, 4.69) is 15.5 Å². The summed E-state index contributed by atoms with van der Waals surface area (Å²) < 4.78 is 39.5. The molecule has 0 radical (unpaired) electrons. The Hall–Kier alpha value is -2.94. The van der Waals surface area contributed by atoms with Crippen LogP contribution in [0.4, 0.5) is 29.5 Å². The average molecular weight is 438 g/mol. The van der Waals surface area contributed by atoms with Crippen LogP contribution in [0.2, 0.25) is 5.02 Å². The highest BCUT2D eigenvalue weighted by atomic mass is 35.5. The number of halogens is 4. The number of para-hydroxylation sites is 1. The largest absolute Gasteiger partial charge is 0.417 e. The van der Waals surface area contributed by atoms with Crippen LogP contribution in [0.25, 0.3) is 10.9 Å². The normalized spacial score (nSPS) is 17.4. The van der Waals surface area contributed by atoms with Gasteiger partial charge in [0.15, 0.2) is 5.82 Å². The molecule has 2 amide bonds. The molecule has 1 aromatic heterocycles. The number of benzene rings is 2. The van der Waals surface area contributed by atoms with Gasteiger partial charge in [0.25, 0.3) is 0 Å². The topological polar surface area (TPSA) is 64.3 Å². The molecule has 2 N–H and O–H groups in total. The third-order valence-electron chi connectivity index (χ3n) is 5.20.